The Bertz CT molecular complexity index is 172. The van der Waals surface area contributed by atoms with Crippen LogP contribution < -0.4 is 0 Å². The van der Waals surface area contributed by atoms with Gasteiger partial charge in [-0.05, 0) is 5.92 Å². The summed E-state index contributed by atoms with van der Waals surface area (Å²) in [5, 5.41) is 0. The lowest BCUT2D eigenvalue weighted by atomic mass is 10.7. The predicted molar refractivity (Wildman–Crippen MR) is 35.3 cm³/mol. The summed E-state index contributed by atoms with van der Waals surface area (Å²) in [5.41, 5.74) is -2.91. The van der Waals surface area contributed by atoms with E-state index in [0.29, 0.717) is 0 Å². The third-order valence-electron chi connectivity index (χ3n) is 0.580. The molecule has 0 aromatic rings. The molecule has 0 heterocycles. The van der Waals surface area contributed by atoms with E-state index in [2.05, 4.69) is 16.3 Å². The van der Waals surface area contributed by atoms with Crippen LogP contribution in [0.1, 0.15) is 0 Å². The molecule has 0 aliphatic rings. The summed E-state index contributed by atoms with van der Waals surface area (Å²) in [4.78, 5) is 0. The Morgan fingerprint density at radius 2 is 2.09 bits per heavy atom. The van der Waals surface area contributed by atoms with Crippen molar-refractivity contribution in [3.05, 3.63) is 0 Å². The van der Waals surface area contributed by atoms with Crippen molar-refractivity contribution in [3.63, 3.8) is 0 Å². The Balaban J connectivity index is 3.92. The van der Waals surface area contributed by atoms with Crippen molar-refractivity contribution < 1.29 is 17.9 Å². The second-order valence-electron chi connectivity index (χ2n) is 1.38. The van der Waals surface area contributed by atoms with Gasteiger partial charge in [-0.3, -0.25) is 0 Å². The highest BCUT2D eigenvalue weighted by Gasteiger charge is 2.41. The van der Waals surface area contributed by atoms with Crippen LogP contribution in [-0.4, -0.2) is 17.6 Å². The minimum atomic E-state index is -4.08. The fourth-order valence-corrected chi connectivity index (χ4v) is 0.275. The highest BCUT2D eigenvalue weighted by Crippen LogP contribution is 2.25. The standard InChI is InChI=1S/C5H3Cl2F3O/c6-2-1-3-11-5(9,10)4(7)8/h4H,2H2. The van der Waals surface area contributed by atoms with Gasteiger partial charge in [0.15, 0.2) is 0 Å². The Labute approximate surface area is 71.4 Å². The first-order valence-electron chi connectivity index (χ1n) is 2.38. The lowest BCUT2D eigenvalue weighted by molar-refractivity contribution is -0.217. The first kappa shape index (κ1) is 10.7. The number of ether oxygens (including phenoxy) is 1. The van der Waals surface area contributed by atoms with Crippen LogP contribution in [0.2, 0.25) is 0 Å². The minimum Gasteiger partial charge on any atom is -0.376 e. The molecule has 0 radical (unpaired) electrons. The topological polar surface area (TPSA) is 9.23 Å². The van der Waals surface area contributed by atoms with Gasteiger partial charge in [0.25, 0.3) is 5.63 Å². The Kier molecular flexibility index (Phi) is 4.46. The van der Waals surface area contributed by atoms with E-state index in [1.54, 1.807) is 0 Å². The van der Waals surface area contributed by atoms with E-state index in [1.165, 1.54) is 6.11 Å². The van der Waals surface area contributed by atoms with Gasteiger partial charge in [0, 0.05) is 0 Å². The summed E-state index contributed by atoms with van der Waals surface area (Å²) in [6.07, 6.45) is -2.58. The van der Waals surface area contributed by atoms with Crippen LogP contribution in [0.25, 0.3) is 0 Å². The van der Waals surface area contributed by atoms with Gasteiger partial charge in [0.1, 0.15) is 6.11 Å². The largest absolute Gasteiger partial charge is 0.452 e. The van der Waals surface area contributed by atoms with Crippen LogP contribution in [0.4, 0.5) is 13.2 Å². The molecular formula is C5H3Cl2F3O. The third-order valence-corrected chi connectivity index (χ3v) is 0.968. The van der Waals surface area contributed by atoms with Crippen molar-refractivity contribution >= 4 is 23.2 Å². The smallest absolute Gasteiger partial charge is 0.376 e. The molecule has 0 bridgehead atoms. The summed E-state index contributed by atoms with van der Waals surface area (Å²) in [6, 6.07) is 0. The van der Waals surface area contributed by atoms with Gasteiger partial charge in [-0.25, -0.2) is 4.39 Å². The molecule has 0 spiro atoms. The number of hydrogen-bond donors (Lipinski definition) is 0. The summed E-state index contributed by atoms with van der Waals surface area (Å²) < 4.78 is 39.1. The normalized spacial score (nSPS) is 13.2. The summed E-state index contributed by atoms with van der Waals surface area (Å²) in [5.74, 6) is 1.78. The Morgan fingerprint density at radius 3 is 2.45 bits per heavy atom. The number of halogens is 5. The van der Waals surface area contributed by atoms with Crippen molar-refractivity contribution in [1.29, 1.82) is 0 Å². The van der Waals surface area contributed by atoms with E-state index in [1.807, 2.05) is 5.92 Å². The monoisotopic (exact) mass is 206 g/mol. The SMILES string of the molecule is FC(Cl)C(F)(F)OC#CCCl. The zero-order valence-electron chi connectivity index (χ0n) is 5.08. The molecule has 1 nitrogen and oxygen atoms in total. The van der Waals surface area contributed by atoms with Crippen LogP contribution in [0, 0.1) is 12.0 Å². The molecule has 0 fully saturated rings. The van der Waals surface area contributed by atoms with Crippen molar-refractivity contribution in [1.82, 2.24) is 0 Å². The van der Waals surface area contributed by atoms with Gasteiger partial charge in [0.2, 0.25) is 0 Å². The first-order valence-corrected chi connectivity index (χ1v) is 3.35. The predicted octanol–water partition coefficient (Wildman–Crippen LogP) is 2.33. The van der Waals surface area contributed by atoms with E-state index in [9.17, 15) is 13.2 Å². The lowest BCUT2D eigenvalue weighted by Gasteiger charge is -2.11. The van der Waals surface area contributed by atoms with Gasteiger partial charge < -0.3 is 4.74 Å². The van der Waals surface area contributed by atoms with Crippen LogP contribution in [0.5, 0.6) is 0 Å². The van der Waals surface area contributed by atoms with Crippen LogP contribution >= 0.6 is 23.2 Å². The molecule has 0 aliphatic heterocycles. The van der Waals surface area contributed by atoms with E-state index in [4.69, 9.17) is 11.6 Å². The number of alkyl halides is 5. The average molecular weight is 207 g/mol. The van der Waals surface area contributed by atoms with Crippen molar-refractivity contribution in [2.24, 2.45) is 0 Å². The molecule has 0 aliphatic carbocycles. The zero-order valence-corrected chi connectivity index (χ0v) is 6.59. The molecule has 0 saturated heterocycles. The van der Waals surface area contributed by atoms with Gasteiger partial charge in [-0.15, -0.1) is 11.6 Å². The molecule has 64 valence electrons. The van der Waals surface area contributed by atoms with E-state index in [0.717, 1.165) is 0 Å². The molecule has 1 unspecified atom stereocenters. The summed E-state index contributed by atoms with van der Waals surface area (Å²) in [7, 11) is 0. The third kappa shape index (κ3) is 4.23. The van der Waals surface area contributed by atoms with E-state index < -0.39 is 11.7 Å². The molecular weight excluding hydrogens is 204 g/mol. The number of hydrogen-bond acceptors (Lipinski definition) is 1. The molecule has 0 N–H and O–H groups in total. The van der Waals surface area contributed by atoms with Gasteiger partial charge in [-0.2, -0.15) is 8.78 Å². The Hall–Kier alpha value is -0.270. The molecule has 0 aromatic heterocycles. The maximum absolute atomic E-state index is 12.0. The Morgan fingerprint density at radius 1 is 1.55 bits per heavy atom. The van der Waals surface area contributed by atoms with Crippen molar-refractivity contribution in [2.45, 2.75) is 11.7 Å². The lowest BCUT2D eigenvalue weighted by Crippen LogP contribution is -2.27. The summed E-state index contributed by atoms with van der Waals surface area (Å²) >= 11 is 9.39. The van der Waals surface area contributed by atoms with Crippen molar-refractivity contribution in [3.8, 4) is 12.0 Å². The van der Waals surface area contributed by atoms with Crippen LogP contribution in [0.3, 0.4) is 0 Å². The average Bonchev–Trinajstić information content (AvgIpc) is 1.88. The first-order chi connectivity index (χ1) is 5.00. The van der Waals surface area contributed by atoms with Crippen LogP contribution in [0.15, 0.2) is 0 Å². The molecule has 0 saturated carbocycles. The fraction of sp³-hybridized carbons (Fsp3) is 0.600. The summed E-state index contributed by atoms with van der Waals surface area (Å²) in [6.45, 7) is 0. The molecule has 0 amide bonds. The van der Waals surface area contributed by atoms with Gasteiger partial charge >= 0.3 is 6.11 Å². The number of rotatable bonds is 2. The maximum atomic E-state index is 12.0. The molecule has 0 aromatic carbocycles. The molecule has 11 heavy (non-hydrogen) atoms. The van der Waals surface area contributed by atoms with E-state index >= 15 is 0 Å². The maximum Gasteiger partial charge on any atom is 0.452 e. The van der Waals surface area contributed by atoms with Crippen LogP contribution in [-0.2, 0) is 4.74 Å². The highest BCUT2D eigenvalue weighted by molar-refractivity contribution is 6.20. The zero-order chi connectivity index (χ0) is 8.91. The van der Waals surface area contributed by atoms with Gasteiger partial charge in [0.05, 0.1) is 5.88 Å². The fourth-order valence-electron chi connectivity index (χ4n) is 0.176. The second-order valence-corrected chi connectivity index (χ2v) is 2.03. The molecule has 6 heteroatoms. The quantitative estimate of drug-likeness (QED) is 0.498. The van der Waals surface area contributed by atoms with Crippen molar-refractivity contribution in [2.75, 3.05) is 5.88 Å². The van der Waals surface area contributed by atoms with Gasteiger partial charge in [-0.1, -0.05) is 11.6 Å². The second kappa shape index (κ2) is 4.58. The van der Waals surface area contributed by atoms with E-state index in [-0.39, 0.29) is 5.88 Å². The molecule has 0 rings (SSSR count). The molecule has 1 atom stereocenters. The minimum absolute atomic E-state index is 0.171. The highest BCUT2D eigenvalue weighted by atomic mass is 35.5.